The highest BCUT2D eigenvalue weighted by Crippen LogP contribution is 2.38. The van der Waals surface area contributed by atoms with E-state index < -0.39 is 48.9 Å². The maximum atomic E-state index is 13.3. The number of H-pyrrole nitrogens is 2. The van der Waals surface area contributed by atoms with Crippen LogP contribution in [0.2, 0.25) is 0 Å². The molecule has 0 unspecified atom stereocenters. The van der Waals surface area contributed by atoms with E-state index in [1.165, 1.54) is 30.3 Å². The predicted octanol–water partition coefficient (Wildman–Crippen LogP) is 11.5. The summed E-state index contributed by atoms with van der Waals surface area (Å²) in [5.41, 5.74) is 4.73. The molecule has 4 aromatic carbocycles. The largest absolute Gasteiger partial charge is 0.573 e. The third-order valence-corrected chi connectivity index (χ3v) is 10.8. The van der Waals surface area contributed by atoms with E-state index in [1.807, 2.05) is 6.07 Å². The van der Waals surface area contributed by atoms with Gasteiger partial charge in [-0.2, -0.15) is 13.2 Å². The van der Waals surface area contributed by atoms with Gasteiger partial charge in [-0.25, -0.2) is 19.6 Å². The van der Waals surface area contributed by atoms with Crippen LogP contribution in [0.15, 0.2) is 134 Å². The number of alkyl halides is 6. The average molecular weight is 923 g/mol. The molecule has 6 N–H and O–H groups in total. The van der Waals surface area contributed by atoms with Crippen LogP contribution in [0.4, 0.5) is 70.1 Å². The van der Waals surface area contributed by atoms with E-state index >= 15 is 0 Å². The molecule has 0 radical (unpaired) electrons. The van der Waals surface area contributed by atoms with Crippen molar-refractivity contribution in [3.8, 4) is 5.75 Å². The van der Waals surface area contributed by atoms with Crippen molar-refractivity contribution >= 4 is 68.3 Å². The molecule has 67 heavy (non-hydrogen) atoms. The van der Waals surface area contributed by atoms with E-state index in [9.17, 15) is 35.9 Å². The van der Waals surface area contributed by atoms with Crippen molar-refractivity contribution in [1.29, 1.82) is 0 Å². The van der Waals surface area contributed by atoms with E-state index in [-0.39, 0.29) is 11.4 Å². The van der Waals surface area contributed by atoms with Crippen LogP contribution in [0, 0.1) is 0 Å². The zero-order chi connectivity index (χ0) is 50.3. The molecule has 4 aromatic heterocycles. The summed E-state index contributed by atoms with van der Waals surface area (Å²) in [6, 6.07) is 25.5. The summed E-state index contributed by atoms with van der Waals surface area (Å²) in [5, 5.41) is 11.6. The molecule has 4 amide bonds. The molecule has 0 bridgehead atoms. The lowest BCUT2D eigenvalue weighted by molar-refractivity contribution is -0.274. The lowest BCUT2D eigenvalue weighted by Crippen LogP contribution is -2.22. The Bertz CT molecular complexity index is 3280. The van der Waals surface area contributed by atoms with Crippen molar-refractivity contribution in [2.24, 2.45) is 0 Å². The number of carbonyl (C=O) groups excluding carboxylic acids is 2. The number of aromatic nitrogens is 4. The van der Waals surface area contributed by atoms with Gasteiger partial charge in [0.25, 0.3) is 0 Å². The number of benzene rings is 4. The van der Waals surface area contributed by atoms with Crippen molar-refractivity contribution in [3.63, 3.8) is 0 Å². The molecule has 8 aromatic rings. The number of para-hydroxylation sites is 1. The number of ether oxygens (including phenoxy) is 1. The van der Waals surface area contributed by atoms with Gasteiger partial charge in [0.1, 0.15) is 17.0 Å². The Balaban J connectivity index is 0.000000176. The average Bonchev–Trinajstić information content (AvgIpc) is 4.15. The van der Waals surface area contributed by atoms with Crippen molar-refractivity contribution in [3.05, 3.63) is 162 Å². The third-order valence-electron chi connectivity index (χ3n) is 10.8. The molecule has 0 saturated heterocycles. The van der Waals surface area contributed by atoms with Gasteiger partial charge in [0, 0.05) is 101 Å². The molecule has 6 heterocycles. The highest BCUT2D eigenvalue weighted by Gasteiger charge is 2.34. The molecule has 0 saturated carbocycles. The Morgan fingerprint density at radius 1 is 0.612 bits per heavy atom. The van der Waals surface area contributed by atoms with Crippen molar-refractivity contribution in [2.75, 3.05) is 44.2 Å². The Morgan fingerprint density at radius 2 is 1.10 bits per heavy atom. The minimum Gasteiger partial charge on any atom is -0.406 e. The number of nitrogens with zero attached hydrogens (tertiary/aromatic N) is 4. The number of hydrogen-bond acceptors (Lipinski definition) is 7. The van der Waals surface area contributed by atoms with Crippen LogP contribution < -0.4 is 35.8 Å². The first-order valence-corrected chi connectivity index (χ1v) is 20.6. The molecule has 10 rings (SSSR count). The lowest BCUT2D eigenvalue weighted by Gasteiger charge is -2.20. The minimum absolute atomic E-state index is 0.278. The number of hydrogen-bond donors (Lipinski definition) is 6. The number of fused-ring (bicyclic) bond motifs is 4. The second-order valence-electron chi connectivity index (χ2n) is 15.1. The van der Waals surface area contributed by atoms with E-state index in [4.69, 9.17) is 5.48 Å². The fourth-order valence-electron chi connectivity index (χ4n) is 7.86. The van der Waals surface area contributed by atoms with Crippen LogP contribution in [-0.4, -0.2) is 51.5 Å². The summed E-state index contributed by atoms with van der Waals surface area (Å²) in [6.45, 7) is -2.96. The normalized spacial score (nSPS) is 14.5. The molecule has 0 fully saturated rings. The SMILES string of the molecule is [2H]C([2H])(c1c[nH]c2ncccc12)N1CCc2c(NC(=O)Nc3ccc(OC(F)(F)F)cc3)cccc21.[2H]C([2H])(c1c[nH]c2ncccc12)N1CCc2c(NC(=O)Nc3ccccc3C(F)(F)F)cccc21. The standard InChI is InChI=1S/C24H20F3N5O2.C24H20F3N5O/c25-24(26,27)34-17-8-6-16(7-9-17)30-23(33)31-20-4-1-5-21-19(20)10-12-32(21)14-15-13-29-22-18(15)3-2-11-28-22;25-24(26,27)18-6-1-2-7-20(18)31-23(33)30-19-8-3-9-21-17(19)10-12-32(21)14-15-13-29-22-16(15)5-4-11-28-22/h1-9,11,13H,10,12,14H2,(H,28,29)(H2,30,31,33);1-9,11,13H,10,12,14H2,(H,28,29)(H2,30,31,33)/i2*14D2. The van der Waals surface area contributed by atoms with Gasteiger partial charge in [-0.1, -0.05) is 24.3 Å². The lowest BCUT2D eigenvalue weighted by atomic mass is 10.1. The molecule has 2 aliphatic rings. The summed E-state index contributed by atoms with van der Waals surface area (Å²) < 4.78 is 116. The van der Waals surface area contributed by atoms with Gasteiger partial charge in [0.2, 0.25) is 0 Å². The number of aromatic amines is 2. The number of halogens is 6. The van der Waals surface area contributed by atoms with E-state index in [2.05, 4.69) is 45.9 Å². The summed E-state index contributed by atoms with van der Waals surface area (Å²) in [5.74, 6) is -0.394. The minimum atomic E-state index is -4.80. The van der Waals surface area contributed by atoms with Gasteiger partial charge in [-0.3, -0.25) is 0 Å². The van der Waals surface area contributed by atoms with Crippen LogP contribution in [0.5, 0.6) is 5.75 Å². The van der Waals surface area contributed by atoms with Crippen LogP contribution in [0.1, 0.15) is 33.3 Å². The number of carbonyl (C=O) groups is 2. The maximum absolute atomic E-state index is 13.3. The topological polar surface area (TPSA) is 155 Å². The first-order valence-electron chi connectivity index (χ1n) is 22.6. The number of urea groups is 2. The zero-order valence-electron chi connectivity index (χ0n) is 38.8. The van der Waals surface area contributed by atoms with Gasteiger partial charge >= 0.3 is 24.6 Å². The van der Waals surface area contributed by atoms with Crippen molar-refractivity contribution in [2.45, 2.75) is 38.4 Å². The van der Waals surface area contributed by atoms with Crippen molar-refractivity contribution in [1.82, 2.24) is 19.9 Å². The predicted molar refractivity (Wildman–Crippen MR) is 244 cm³/mol. The number of anilines is 6. The number of pyridine rings is 2. The Labute approximate surface area is 383 Å². The molecule has 342 valence electrons. The van der Waals surface area contributed by atoms with Gasteiger partial charge in [0.05, 0.1) is 16.7 Å². The summed E-state index contributed by atoms with van der Waals surface area (Å²) in [7, 11) is 0. The second-order valence-corrected chi connectivity index (χ2v) is 15.1. The summed E-state index contributed by atoms with van der Waals surface area (Å²) in [6.07, 6.45) is -1.97. The summed E-state index contributed by atoms with van der Waals surface area (Å²) in [4.78, 5) is 42.9. The highest BCUT2D eigenvalue weighted by atomic mass is 19.4. The summed E-state index contributed by atoms with van der Waals surface area (Å²) >= 11 is 0. The van der Waals surface area contributed by atoms with Crippen LogP contribution in [0.3, 0.4) is 0 Å². The quantitative estimate of drug-likeness (QED) is 0.0788. The number of amides is 4. The van der Waals surface area contributed by atoms with Crippen LogP contribution >= 0.6 is 0 Å². The first-order chi connectivity index (χ1) is 33.8. The molecular weight excluding hydrogens is 879 g/mol. The molecule has 0 aliphatic carbocycles. The van der Waals surface area contributed by atoms with E-state index in [0.717, 1.165) is 23.8 Å². The van der Waals surface area contributed by atoms with Crippen LogP contribution in [0.25, 0.3) is 22.1 Å². The van der Waals surface area contributed by atoms with Gasteiger partial charge in [0.15, 0.2) is 0 Å². The molecule has 13 nitrogen and oxygen atoms in total. The Kier molecular flexibility index (Phi) is 10.7. The van der Waals surface area contributed by atoms with E-state index in [0.29, 0.717) is 87.4 Å². The van der Waals surface area contributed by atoms with Gasteiger partial charge in [-0.15, -0.1) is 13.2 Å². The van der Waals surface area contributed by atoms with Gasteiger partial charge < -0.3 is 45.8 Å². The third kappa shape index (κ3) is 10.0. The van der Waals surface area contributed by atoms with Crippen LogP contribution in [-0.2, 0) is 32.0 Å². The molecule has 0 atom stereocenters. The molecule has 19 heteroatoms. The smallest absolute Gasteiger partial charge is 0.406 e. The number of rotatable bonds is 9. The van der Waals surface area contributed by atoms with Crippen molar-refractivity contribution < 1.29 is 46.2 Å². The second kappa shape index (κ2) is 18.3. The van der Waals surface area contributed by atoms with Gasteiger partial charge in [-0.05, 0) is 109 Å². The fourth-order valence-corrected chi connectivity index (χ4v) is 7.86. The first kappa shape index (κ1) is 39.2. The fraction of sp³-hybridized carbons (Fsp3) is 0.167. The molecular formula is C48H40F6N10O3. The molecule has 0 spiro atoms. The monoisotopic (exact) mass is 922 g/mol. The number of nitrogens with one attached hydrogen (secondary N) is 6. The molecule has 2 aliphatic heterocycles. The highest BCUT2D eigenvalue weighted by molar-refractivity contribution is 6.02. The Hall–Kier alpha value is -8.22. The maximum Gasteiger partial charge on any atom is 0.573 e. The van der Waals surface area contributed by atoms with E-state index in [1.54, 1.807) is 89.2 Å². The zero-order valence-corrected chi connectivity index (χ0v) is 34.8. The Morgan fingerprint density at radius 3 is 1.63 bits per heavy atom.